The van der Waals surface area contributed by atoms with E-state index in [9.17, 15) is 4.79 Å². The first kappa shape index (κ1) is 16.8. The van der Waals surface area contributed by atoms with Gasteiger partial charge in [-0.05, 0) is 18.2 Å². The number of nitrogens with one attached hydrogen (secondary N) is 2. The van der Waals surface area contributed by atoms with Gasteiger partial charge < -0.3 is 20.1 Å². The van der Waals surface area contributed by atoms with Crippen molar-refractivity contribution in [2.24, 2.45) is 0 Å². The smallest absolute Gasteiger partial charge is 0.224 e. The molecule has 0 spiro atoms. The van der Waals surface area contributed by atoms with Gasteiger partial charge in [-0.25, -0.2) is 0 Å². The van der Waals surface area contributed by atoms with Crippen LogP contribution in [0.15, 0.2) is 18.2 Å². The van der Waals surface area contributed by atoms with Crippen LogP contribution in [-0.2, 0) is 9.53 Å². The molecule has 0 aromatic heterocycles. The Kier molecular flexibility index (Phi) is 7.69. The highest BCUT2D eigenvalue weighted by Gasteiger charge is 2.06. The lowest BCUT2D eigenvalue weighted by Gasteiger charge is -2.13. The van der Waals surface area contributed by atoms with Crippen LogP contribution in [-0.4, -0.2) is 32.8 Å². The zero-order valence-corrected chi connectivity index (χ0v) is 12.4. The van der Waals surface area contributed by atoms with E-state index in [0.29, 0.717) is 38.3 Å². The number of amides is 1. The van der Waals surface area contributed by atoms with E-state index in [1.54, 1.807) is 26.2 Å². The van der Waals surface area contributed by atoms with Gasteiger partial charge >= 0.3 is 0 Å². The van der Waals surface area contributed by atoms with Crippen molar-refractivity contribution >= 4 is 17.3 Å². The molecule has 1 aromatic carbocycles. The number of nitrogens with zero attached hydrogens (tertiary/aromatic N) is 1. The monoisotopic (exact) mass is 291 g/mol. The summed E-state index contributed by atoms with van der Waals surface area (Å²) in [6.07, 6.45) is 0.823. The molecule has 1 amide bonds. The fourth-order valence-electron chi connectivity index (χ4n) is 1.65. The molecule has 6 nitrogen and oxygen atoms in total. The number of rotatable bonds is 9. The highest BCUT2D eigenvalue weighted by molar-refractivity contribution is 5.91. The van der Waals surface area contributed by atoms with Crippen molar-refractivity contribution in [3.8, 4) is 11.8 Å². The Labute approximate surface area is 125 Å². The summed E-state index contributed by atoms with van der Waals surface area (Å²) < 4.78 is 10.6. The van der Waals surface area contributed by atoms with Crippen molar-refractivity contribution < 1.29 is 14.3 Å². The summed E-state index contributed by atoms with van der Waals surface area (Å²) in [5, 5.41) is 14.4. The molecule has 0 aliphatic carbocycles. The van der Waals surface area contributed by atoms with Crippen molar-refractivity contribution in [3.05, 3.63) is 18.2 Å². The maximum atomic E-state index is 11.4. The molecule has 114 valence electrons. The summed E-state index contributed by atoms with van der Waals surface area (Å²) in [5.74, 6) is 0.660. The Hall–Kier alpha value is -2.26. The normalized spacial score (nSPS) is 9.76. The van der Waals surface area contributed by atoms with E-state index in [1.807, 2.05) is 12.1 Å². The van der Waals surface area contributed by atoms with Crippen LogP contribution in [0.4, 0.5) is 11.4 Å². The molecule has 1 rings (SSSR count). The summed E-state index contributed by atoms with van der Waals surface area (Å²) in [6.45, 7) is 3.32. The molecule has 21 heavy (non-hydrogen) atoms. The minimum atomic E-state index is -0.0362. The van der Waals surface area contributed by atoms with Crippen LogP contribution in [0.25, 0.3) is 0 Å². The standard InChI is InChI=1S/C15H21N3O3/c1-3-15(19)18-12-5-6-14(20-2)13(11-12)17-8-10-21-9-4-7-16/h5-6,11,17H,3-4,8-10H2,1-2H3,(H,18,19). The molecule has 0 aliphatic rings. The van der Waals surface area contributed by atoms with E-state index in [-0.39, 0.29) is 5.91 Å². The van der Waals surface area contributed by atoms with Gasteiger partial charge in [0.05, 0.1) is 38.5 Å². The fraction of sp³-hybridized carbons (Fsp3) is 0.467. The van der Waals surface area contributed by atoms with E-state index in [0.717, 1.165) is 11.4 Å². The van der Waals surface area contributed by atoms with Crippen LogP contribution >= 0.6 is 0 Å². The van der Waals surface area contributed by atoms with E-state index in [2.05, 4.69) is 10.6 Å². The molecule has 0 aliphatic heterocycles. The molecule has 2 N–H and O–H groups in total. The Balaban J connectivity index is 2.55. The first-order valence-electron chi connectivity index (χ1n) is 6.87. The maximum absolute atomic E-state index is 11.4. The second kappa shape index (κ2) is 9.61. The van der Waals surface area contributed by atoms with Crippen molar-refractivity contribution in [1.29, 1.82) is 5.26 Å². The SMILES string of the molecule is CCC(=O)Nc1ccc(OC)c(NCCOCCC#N)c1. The highest BCUT2D eigenvalue weighted by atomic mass is 16.5. The number of ether oxygens (including phenoxy) is 2. The number of nitriles is 1. The first-order chi connectivity index (χ1) is 10.2. The molecule has 0 bridgehead atoms. The average molecular weight is 291 g/mol. The minimum absolute atomic E-state index is 0.0362. The molecule has 0 atom stereocenters. The van der Waals surface area contributed by atoms with Crippen LogP contribution < -0.4 is 15.4 Å². The molecule has 0 saturated carbocycles. The lowest BCUT2D eigenvalue weighted by molar-refractivity contribution is -0.115. The van der Waals surface area contributed by atoms with Crippen LogP contribution in [0.3, 0.4) is 0 Å². The third kappa shape index (κ3) is 6.15. The van der Waals surface area contributed by atoms with Crippen LogP contribution in [0.5, 0.6) is 5.75 Å². The number of carbonyl (C=O) groups is 1. The average Bonchev–Trinajstić information content (AvgIpc) is 2.51. The second-order valence-corrected chi connectivity index (χ2v) is 4.26. The summed E-state index contributed by atoms with van der Waals surface area (Å²) in [7, 11) is 1.59. The Morgan fingerprint density at radius 2 is 2.19 bits per heavy atom. The Bertz CT molecular complexity index is 497. The van der Waals surface area contributed by atoms with E-state index >= 15 is 0 Å². The molecule has 1 aromatic rings. The number of carbonyl (C=O) groups excluding carboxylic acids is 1. The van der Waals surface area contributed by atoms with E-state index in [1.165, 1.54) is 0 Å². The second-order valence-electron chi connectivity index (χ2n) is 4.26. The molecule has 0 heterocycles. The van der Waals surface area contributed by atoms with Crippen LogP contribution in [0.2, 0.25) is 0 Å². The van der Waals surface area contributed by atoms with E-state index < -0.39 is 0 Å². The summed E-state index contributed by atoms with van der Waals surface area (Å²) in [6, 6.07) is 7.43. The third-order valence-corrected chi connectivity index (χ3v) is 2.72. The van der Waals surface area contributed by atoms with Gasteiger partial charge in [-0.2, -0.15) is 5.26 Å². The third-order valence-electron chi connectivity index (χ3n) is 2.72. The van der Waals surface area contributed by atoms with Crippen molar-refractivity contribution in [1.82, 2.24) is 0 Å². The topological polar surface area (TPSA) is 83.4 Å². The minimum Gasteiger partial charge on any atom is -0.495 e. The van der Waals surface area contributed by atoms with Gasteiger partial charge in [-0.1, -0.05) is 6.92 Å². The zero-order valence-electron chi connectivity index (χ0n) is 12.4. The number of benzene rings is 1. The number of hydrogen-bond acceptors (Lipinski definition) is 5. The zero-order chi connectivity index (χ0) is 15.5. The van der Waals surface area contributed by atoms with Gasteiger partial charge in [0.2, 0.25) is 5.91 Å². The number of anilines is 2. The van der Waals surface area contributed by atoms with Gasteiger partial charge in [-0.15, -0.1) is 0 Å². The van der Waals surface area contributed by atoms with Crippen molar-refractivity contribution in [2.45, 2.75) is 19.8 Å². The van der Waals surface area contributed by atoms with Crippen LogP contribution in [0.1, 0.15) is 19.8 Å². The largest absolute Gasteiger partial charge is 0.495 e. The van der Waals surface area contributed by atoms with Gasteiger partial charge in [0, 0.05) is 18.7 Å². The molecule has 0 saturated heterocycles. The molecule has 0 radical (unpaired) electrons. The van der Waals surface area contributed by atoms with Gasteiger partial charge in [-0.3, -0.25) is 4.79 Å². The predicted molar refractivity (Wildman–Crippen MR) is 81.5 cm³/mol. The molecule has 6 heteroatoms. The molecular weight excluding hydrogens is 270 g/mol. The summed E-state index contributed by atoms with van der Waals surface area (Å²) in [4.78, 5) is 11.4. The van der Waals surface area contributed by atoms with Crippen molar-refractivity contribution in [2.75, 3.05) is 37.5 Å². The first-order valence-corrected chi connectivity index (χ1v) is 6.87. The van der Waals surface area contributed by atoms with E-state index in [4.69, 9.17) is 14.7 Å². The maximum Gasteiger partial charge on any atom is 0.224 e. The summed E-state index contributed by atoms with van der Waals surface area (Å²) >= 11 is 0. The lowest BCUT2D eigenvalue weighted by Crippen LogP contribution is -2.12. The Morgan fingerprint density at radius 3 is 2.86 bits per heavy atom. The highest BCUT2D eigenvalue weighted by Crippen LogP contribution is 2.27. The van der Waals surface area contributed by atoms with Gasteiger partial charge in [0.1, 0.15) is 5.75 Å². The molecular formula is C15H21N3O3. The molecule has 0 unspecified atom stereocenters. The fourth-order valence-corrected chi connectivity index (χ4v) is 1.65. The quantitative estimate of drug-likeness (QED) is 0.682. The predicted octanol–water partition coefficient (Wildman–Crippen LogP) is 2.39. The number of hydrogen-bond donors (Lipinski definition) is 2. The Morgan fingerprint density at radius 1 is 1.38 bits per heavy atom. The lowest BCUT2D eigenvalue weighted by atomic mass is 10.2. The van der Waals surface area contributed by atoms with Crippen molar-refractivity contribution in [3.63, 3.8) is 0 Å². The van der Waals surface area contributed by atoms with Gasteiger partial charge in [0.25, 0.3) is 0 Å². The van der Waals surface area contributed by atoms with Crippen LogP contribution in [0, 0.1) is 11.3 Å². The summed E-state index contributed by atoms with van der Waals surface area (Å²) in [5.41, 5.74) is 1.51. The number of methoxy groups -OCH3 is 1. The van der Waals surface area contributed by atoms with Gasteiger partial charge in [0.15, 0.2) is 0 Å². The molecule has 0 fully saturated rings.